The van der Waals surface area contributed by atoms with Gasteiger partial charge in [-0.25, -0.2) is 0 Å². The maximum atomic E-state index is 10.4. The third kappa shape index (κ3) is 1.97. The summed E-state index contributed by atoms with van der Waals surface area (Å²) in [5, 5.41) is 13.0. The average molecular weight is 244 g/mol. The quantitative estimate of drug-likeness (QED) is 0.791. The molecule has 0 spiro atoms. The molecular formula is C15H20OSi. The molecule has 0 heterocycles. The lowest BCUT2D eigenvalue weighted by Gasteiger charge is -2.26. The molecule has 1 aromatic carbocycles. The van der Waals surface area contributed by atoms with E-state index in [1.54, 1.807) is 0 Å². The van der Waals surface area contributed by atoms with Crippen LogP contribution in [-0.2, 0) is 0 Å². The molecule has 0 saturated heterocycles. The first kappa shape index (κ1) is 12.2. The molecule has 0 atom stereocenters. The van der Waals surface area contributed by atoms with Crippen molar-refractivity contribution in [1.82, 2.24) is 0 Å². The van der Waals surface area contributed by atoms with Crippen molar-refractivity contribution in [2.45, 2.75) is 33.4 Å². The molecule has 1 aliphatic carbocycles. The zero-order valence-corrected chi connectivity index (χ0v) is 12.0. The number of allylic oxidation sites excluding steroid dienone is 4. The number of benzene rings is 1. The van der Waals surface area contributed by atoms with Crippen LogP contribution in [0.25, 0.3) is 0 Å². The van der Waals surface area contributed by atoms with E-state index in [-0.39, 0.29) is 0 Å². The molecule has 0 bridgehead atoms. The number of aryl methyl sites for hydroxylation is 1. The van der Waals surface area contributed by atoms with Gasteiger partial charge in [-0.05, 0) is 36.6 Å². The van der Waals surface area contributed by atoms with E-state index in [9.17, 15) is 5.11 Å². The largest absolute Gasteiger partial charge is 0.508 e. The van der Waals surface area contributed by atoms with Crippen LogP contribution in [0.1, 0.15) is 17.5 Å². The predicted molar refractivity (Wildman–Crippen MR) is 76.5 cm³/mol. The third-order valence-electron chi connectivity index (χ3n) is 3.95. The fourth-order valence-corrected chi connectivity index (χ4v) is 5.16. The van der Waals surface area contributed by atoms with E-state index in [1.807, 2.05) is 13.8 Å². The number of rotatable bonds is 2. The minimum absolute atomic E-state index is 0.509. The van der Waals surface area contributed by atoms with Crippen LogP contribution in [0.3, 0.4) is 0 Å². The fourth-order valence-electron chi connectivity index (χ4n) is 2.39. The Morgan fingerprint density at radius 3 is 2.47 bits per heavy atom. The predicted octanol–water partition coefficient (Wildman–Crippen LogP) is 3.35. The summed E-state index contributed by atoms with van der Waals surface area (Å²) in [4.78, 5) is 0. The number of hydrogen-bond acceptors (Lipinski definition) is 1. The van der Waals surface area contributed by atoms with Crippen LogP contribution in [0, 0.1) is 13.8 Å². The highest BCUT2D eigenvalue weighted by Crippen LogP contribution is 2.28. The lowest BCUT2D eigenvalue weighted by Crippen LogP contribution is -2.43. The summed E-state index contributed by atoms with van der Waals surface area (Å²) < 4.78 is 0. The summed E-state index contributed by atoms with van der Waals surface area (Å²) in [7, 11) is -1.70. The zero-order chi connectivity index (χ0) is 12.6. The highest BCUT2D eigenvalue weighted by Gasteiger charge is 2.31. The van der Waals surface area contributed by atoms with Gasteiger partial charge in [0.05, 0.1) is 0 Å². The molecule has 2 heteroatoms. The van der Waals surface area contributed by atoms with E-state index in [4.69, 9.17) is 0 Å². The first-order valence-electron chi connectivity index (χ1n) is 6.10. The van der Waals surface area contributed by atoms with Crippen molar-refractivity contribution < 1.29 is 5.11 Å². The summed E-state index contributed by atoms with van der Waals surface area (Å²) in [5.41, 5.74) is 2.18. The normalized spacial score (nSPS) is 15.2. The van der Waals surface area contributed by atoms with Gasteiger partial charge in [-0.2, -0.15) is 0 Å². The molecule has 0 radical (unpaired) electrons. The minimum Gasteiger partial charge on any atom is -0.508 e. The van der Waals surface area contributed by atoms with E-state index in [0.29, 0.717) is 5.75 Å². The lowest BCUT2D eigenvalue weighted by atomic mass is 10.1. The molecule has 2 rings (SSSR count). The second-order valence-corrected chi connectivity index (χ2v) is 9.78. The number of phenolic OH excluding ortho intramolecular Hbond substituents is 1. The van der Waals surface area contributed by atoms with Crippen molar-refractivity contribution in [1.29, 1.82) is 0 Å². The van der Waals surface area contributed by atoms with E-state index < -0.39 is 8.07 Å². The monoisotopic (exact) mass is 244 g/mol. The van der Waals surface area contributed by atoms with Gasteiger partial charge in [-0.1, -0.05) is 48.7 Å². The maximum absolute atomic E-state index is 10.4. The molecule has 0 fully saturated rings. The molecule has 1 aliphatic rings. The summed E-state index contributed by atoms with van der Waals surface area (Å²) in [5.74, 6) is 0.509. The molecular weight excluding hydrogens is 224 g/mol. The van der Waals surface area contributed by atoms with Crippen molar-refractivity contribution in [3.63, 3.8) is 0 Å². The number of hydrogen-bond donors (Lipinski definition) is 1. The van der Waals surface area contributed by atoms with Gasteiger partial charge in [0.25, 0.3) is 0 Å². The van der Waals surface area contributed by atoms with Crippen LogP contribution in [0.15, 0.2) is 35.6 Å². The van der Waals surface area contributed by atoms with Crippen LogP contribution >= 0.6 is 0 Å². The van der Waals surface area contributed by atoms with E-state index in [2.05, 4.69) is 43.5 Å². The van der Waals surface area contributed by atoms with Crippen molar-refractivity contribution >= 4 is 13.3 Å². The summed E-state index contributed by atoms with van der Waals surface area (Å²) >= 11 is 0. The Kier molecular flexibility index (Phi) is 3.00. The van der Waals surface area contributed by atoms with Gasteiger partial charge in [0.2, 0.25) is 0 Å². The summed E-state index contributed by atoms with van der Waals surface area (Å²) in [6.45, 7) is 8.68. The standard InChI is InChI=1S/C15H20OSi/c1-11-9-10-14(15(16)12(11)2)17(3,4)13-7-5-6-8-13/h5-7,9-10,16H,8H2,1-4H3. The second-order valence-electron chi connectivity index (χ2n) is 5.35. The molecule has 1 nitrogen and oxygen atoms in total. The molecule has 0 aromatic heterocycles. The molecule has 1 N–H and O–H groups in total. The van der Waals surface area contributed by atoms with Crippen LogP contribution in [-0.4, -0.2) is 13.2 Å². The SMILES string of the molecule is Cc1ccc([Si](C)(C)C2=CC=CC2)c(O)c1C. The van der Waals surface area contributed by atoms with Crippen molar-refractivity contribution in [2.75, 3.05) is 0 Å². The Morgan fingerprint density at radius 2 is 1.88 bits per heavy atom. The molecule has 0 saturated carbocycles. The fraction of sp³-hybridized carbons (Fsp3) is 0.333. The van der Waals surface area contributed by atoms with Crippen molar-refractivity contribution in [3.8, 4) is 5.75 Å². The zero-order valence-electron chi connectivity index (χ0n) is 11.0. The molecule has 1 aromatic rings. The third-order valence-corrected chi connectivity index (χ3v) is 7.68. The topological polar surface area (TPSA) is 20.2 Å². The van der Waals surface area contributed by atoms with Crippen LogP contribution < -0.4 is 5.19 Å². The minimum atomic E-state index is -1.70. The van der Waals surface area contributed by atoms with Crippen molar-refractivity contribution in [2.24, 2.45) is 0 Å². The molecule has 17 heavy (non-hydrogen) atoms. The van der Waals surface area contributed by atoms with E-state index in [0.717, 1.165) is 22.7 Å². The van der Waals surface area contributed by atoms with E-state index in [1.165, 1.54) is 5.20 Å². The van der Waals surface area contributed by atoms with Crippen LogP contribution in [0.5, 0.6) is 5.75 Å². The lowest BCUT2D eigenvalue weighted by molar-refractivity contribution is 0.474. The Balaban J connectivity index is 2.50. The Labute approximate surface area is 105 Å². The second kappa shape index (κ2) is 4.19. The van der Waals surface area contributed by atoms with Gasteiger partial charge in [0.15, 0.2) is 0 Å². The summed E-state index contributed by atoms with van der Waals surface area (Å²) in [6.07, 6.45) is 7.59. The Bertz CT molecular complexity index is 510. The Hall–Kier alpha value is -1.28. The average Bonchev–Trinajstić information content (AvgIpc) is 2.79. The highest BCUT2D eigenvalue weighted by molar-refractivity contribution is 6.96. The van der Waals surface area contributed by atoms with Crippen LogP contribution in [0.2, 0.25) is 13.1 Å². The Morgan fingerprint density at radius 1 is 1.18 bits per heavy atom. The first-order valence-corrected chi connectivity index (χ1v) is 9.10. The molecule has 90 valence electrons. The van der Waals surface area contributed by atoms with E-state index >= 15 is 0 Å². The number of aromatic hydroxyl groups is 1. The van der Waals surface area contributed by atoms with Gasteiger partial charge in [0.1, 0.15) is 13.8 Å². The number of phenols is 1. The molecule has 0 unspecified atom stereocenters. The van der Waals surface area contributed by atoms with Gasteiger partial charge < -0.3 is 5.11 Å². The smallest absolute Gasteiger partial charge is 0.118 e. The molecule has 0 amide bonds. The van der Waals surface area contributed by atoms with Gasteiger partial charge in [0, 0.05) is 0 Å². The molecule has 0 aliphatic heterocycles. The summed E-state index contributed by atoms with van der Waals surface area (Å²) in [6, 6.07) is 4.24. The highest BCUT2D eigenvalue weighted by atomic mass is 28.3. The van der Waals surface area contributed by atoms with Crippen LogP contribution in [0.4, 0.5) is 0 Å². The van der Waals surface area contributed by atoms with Gasteiger partial charge in [-0.15, -0.1) is 0 Å². The van der Waals surface area contributed by atoms with Gasteiger partial charge in [-0.3, -0.25) is 0 Å². The maximum Gasteiger partial charge on any atom is 0.118 e. The van der Waals surface area contributed by atoms with Gasteiger partial charge >= 0.3 is 0 Å². The first-order chi connectivity index (χ1) is 7.94. The van der Waals surface area contributed by atoms with Crippen molar-refractivity contribution in [3.05, 3.63) is 46.7 Å².